The number of nitrogens with one attached hydrogen (secondary N) is 1. The van der Waals surface area contributed by atoms with Crippen molar-refractivity contribution in [1.29, 1.82) is 0 Å². The number of amides is 1. The van der Waals surface area contributed by atoms with Gasteiger partial charge in [0.05, 0.1) is 0 Å². The maximum absolute atomic E-state index is 11.8. The first kappa shape index (κ1) is 35.2. The van der Waals surface area contributed by atoms with E-state index in [9.17, 15) is 14.4 Å². The summed E-state index contributed by atoms with van der Waals surface area (Å²) in [5.41, 5.74) is 4.05. The summed E-state index contributed by atoms with van der Waals surface area (Å²) in [6.45, 7) is 21.5. The van der Waals surface area contributed by atoms with E-state index in [1.807, 2.05) is 62.3 Å². The average molecular weight is 446 g/mol. The van der Waals surface area contributed by atoms with Crippen molar-refractivity contribution in [2.24, 2.45) is 0 Å². The van der Waals surface area contributed by atoms with Gasteiger partial charge in [0.25, 0.3) is 11.1 Å². The standard InChI is InChI=1S/C15H18ClNO4.C2H4O.3C2H6/c1-7-8(2)13(15(16)20)10(4)14(9(7)3)17-12(19)6-21-11(5)18;1-2-3;3*1-2/h6H2,1-5H3,(H,17,19);2H,1H3;3*1-2H3. The molecule has 1 amide bonds. The molecule has 0 fully saturated rings. The first-order chi connectivity index (χ1) is 14.1. The highest BCUT2D eigenvalue weighted by Crippen LogP contribution is 2.31. The van der Waals surface area contributed by atoms with Crippen LogP contribution in [0.4, 0.5) is 5.69 Å². The lowest BCUT2D eigenvalue weighted by Crippen LogP contribution is -2.22. The third kappa shape index (κ3) is 13.1. The molecule has 0 aromatic heterocycles. The molecule has 0 spiro atoms. The number of benzene rings is 1. The van der Waals surface area contributed by atoms with Gasteiger partial charge in [0, 0.05) is 18.2 Å². The maximum Gasteiger partial charge on any atom is 0.303 e. The Kier molecular flexibility index (Phi) is 25.3. The number of anilines is 1. The highest BCUT2D eigenvalue weighted by atomic mass is 35.5. The van der Waals surface area contributed by atoms with E-state index in [1.54, 1.807) is 6.92 Å². The molecule has 0 aliphatic carbocycles. The molecule has 0 atom stereocenters. The minimum Gasteiger partial charge on any atom is -0.456 e. The van der Waals surface area contributed by atoms with Gasteiger partial charge in [-0.3, -0.25) is 14.4 Å². The summed E-state index contributed by atoms with van der Waals surface area (Å²) in [5.74, 6) is -0.997. The molecule has 0 unspecified atom stereocenters. The minimum absolute atomic E-state index is 0.370. The predicted octanol–water partition coefficient (Wildman–Crippen LogP) is 6.08. The lowest BCUT2D eigenvalue weighted by Gasteiger charge is -2.19. The summed E-state index contributed by atoms with van der Waals surface area (Å²) < 4.78 is 4.64. The van der Waals surface area contributed by atoms with Crippen LogP contribution >= 0.6 is 11.6 Å². The Morgan fingerprint density at radius 3 is 1.60 bits per heavy atom. The molecule has 0 heterocycles. The Morgan fingerprint density at radius 1 is 0.867 bits per heavy atom. The fourth-order valence-electron chi connectivity index (χ4n) is 2.17. The van der Waals surface area contributed by atoms with Gasteiger partial charge in [-0.15, -0.1) is 0 Å². The van der Waals surface area contributed by atoms with Crippen molar-refractivity contribution in [3.8, 4) is 0 Å². The third-order valence-corrected chi connectivity index (χ3v) is 3.68. The van der Waals surface area contributed by atoms with Crippen LogP contribution in [-0.4, -0.2) is 30.0 Å². The number of carbonyl (C=O) groups excluding carboxylic acids is 4. The van der Waals surface area contributed by atoms with Crippen molar-refractivity contribution in [2.45, 2.75) is 83.1 Å². The summed E-state index contributed by atoms with van der Waals surface area (Å²) >= 11 is 5.63. The molecule has 0 aliphatic heterocycles. The summed E-state index contributed by atoms with van der Waals surface area (Å²) in [6, 6.07) is 0. The normalized spacial score (nSPS) is 8.17. The van der Waals surface area contributed by atoms with Crippen molar-refractivity contribution in [1.82, 2.24) is 0 Å². The fraction of sp³-hybridized carbons (Fsp3) is 0.565. The van der Waals surface area contributed by atoms with Crippen LogP contribution in [0.2, 0.25) is 0 Å². The Morgan fingerprint density at radius 2 is 1.27 bits per heavy atom. The van der Waals surface area contributed by atoms with Crippen LogP contribution in [0.25, 0.3) is 0 Å². The Bertz CT molecular complexity index is 670. The number of esters is 1. The maximum atomic E-state index is 11.8. The van der Waals surface area contributed by atoms with Gasteiger partial charge in [0.15, 0.2) is 6.61 Å². The van der Waals surface area contributed by atoms with Crippen molar-refractivity contribution in [3.05, 3.63) is 27.8 Å². The topological polar surface area (TPSA) is 89.5 Å². The van der Waals surface area contributed by atoms with Gasteiger partial charge < -0.3 is 14.8 Å². The SMILES string of the molecule is CC.CC.CC.CC(=O)OCC(=O)Nc1c(C)c(C)c(C)c(C(=O)Cl)c1C.CC=O. The number of rotatable bonds is 4. The van der Waals surface area contributed by atoms with Crippen LogP contribution in [0, 0.1) is 27.7 Å². The molecule has 1 aromatic carbocycles. The van der Waals surface area contributed by atoms with Gasteiger partial charge in [-0.05, 0) is 68.5 Å². The summed E-state index contributed by atoms with van der Waals surface area (Å²) in [7, 11) is 0. The van der Waals surface area contributed by atoms with Crippen LogP contribution < -0.4 is 5.32 Å². The molecular formula is C23H40ClNO5. The number of halogens is 1. The second-order valence-electron chi connectivity index (χ2n) is 5.09. The van der Waals surface area contributed by atoms with E-state index in [-0.39, 0.29) is 6.61 Å². The zero-order valence-corrected chi connectivity index (χ0v) is 21.5. The Hall–Kier alpha value is -2.21. The fourth-order valence-corrected chi connectivity index (χ4v) is 2.45. The van der Waals surface area contributed by atoms with E-state index in [0.29, 0.717) is 16.8 Å². The van der Waals surface area contributed by atoms with Gasteiger partial charge in [0.2, 0.25) is 0 Å². The molecule has 0 radical (unpaired) electrons. The van der Waals surface area contributed by atoms with E-state index in [2.05, 4.69) is 10.1 Å². The van der Waals surface area contributed by atoms with Crippen LogP contribution in [-0.2, 0) is 19.1 Å². The van der Waals surface area contributed by atoms with E-state index in [0.717, 1.165) is 23.0 Å². The van der Waals surface area contributed by atoms with Crippen molar-refractivity contribution in [2.75, 3.05) is 11.9 Å². The number of hydrogen-bond donors (Lipinski definition) is 1. The molecule has 1 rings (SSSR count). The van der Waals surface area contributed by atoms with Crippen LogP contribution in [0.5, 0.6) is 0 Å². The Labute approximate surface area is 187 Å². The smallest absolute Gasteiger partial charge is 0.303 e. The lowest BCUT2D eigenvalue weighted by molar-refractivity contribution is -0.144. The molecule has 174 valence electrons. The van der Waals surface area contributed by atoms with E-state index < -0.39 is 17.1 Å². The highest BCUT2D eigenvalue weighted by Gasteiger charge is 2.20. The van der Waals surface area contributed by atoms with E-state index in [1.165, 1.54) is 13.8 Å². The molecule has 0 saturated carbocycles. The number of hydrogen-bond acceptors (Lipinski definition) is 5. The number of ether oxygens (including phenoxy) is 1. The number of aldehydes is 1. The molecule has 0 bridgehead atoms. The zero-order valence-electron chi connectivity index (χ0n) is 20.7. The Balaban J connectivity index is -0.000000327. The average Bonchev–Trinajstić information content (AvgIpc) is 2.73. The van der Waals surface area contributed by atoms with Gasteiger partial charge in [-0.1, -0.05) is 41.5 Å². The zero-order chi connectivity index (χ0) is 25.0. The largest absolute Gasteiger partial charge is 0.456 e. The third-order valence-electron chi connectivity index (χ3n) is 3.49. The van der Waals surface area contributed by atoms with Crippen molar-refractivity contribution >= 4 is 40.7 Å². The molecular weight excluding hydrogens is 406 g/mol. The summed E-state index contributed by atoms with van der Waals surface area (Å²) in [6.07, 6.45) is 0.750. The number of carbonyl (C=O) groups is 4. The van der Waals surface area contributed by atoms with Crippen LogP contribution in [0.1, 0.15) is 88.0 Å². The molecule has 0 aliphatic rings. The molecule has 7 heteroatoms. The summed E-state index contributed by atoms with van der Waals surface area (Å²) in [4.78, 5) is 42.9. The first-order valence-electron chi connectivity index (χ1n) is 10.2. The van der Waals surface area contributed by atoms with Crippen LogP contribution in [0.15, 0.2) is 0 Å². The summed E-state index contributed by atoms with van der Waals surface area (Å²) in [5, 5.41) is 2.10. The second-order valence-corrected chi connectivity index (χ2v) is 5.43. The highest BCUT2D eigenvalue weighted by molar-refractivity contribution is 6.68. The molecule has 1 N–H and O–H groups in total. The van der Waals surface area contributed by atoms with Gasteiger partial charge in [-0.25, -0.2) is 0 Å². The molecule has 6 nitrogen and oxygen atoms in total. The molecule has 30 heavy (non-hydrogen) atoms. The monoisotopic (exact) mass is 445 g/mol. The molecule has 1 aromatic rings. The van der Waals surface area contributed by atoms with Crippen molar-refractivity contribution in [3.63, 3.8) is 0 Å². The quantitative estimate of drug-likeness (QED) is 0.344. The van der Waals surface area contributed by atoms with Gasteiger partial charge in [-0.2, -0.15) is 0 Å². The van der Waals surface area contributed by atoms with Crippen molar-refractivity contribution < 1.29 is 23.9 Å². The second kappa shape index (κ2) is 21.5. The predicted molar refractivity (Wildman–Crippen MR) is 127 cm³/mol. The minimum atomic E-state index is -0.566. The van der Waals surface area contributed by atoms with Gasteiger partial charge in [0.1, 0.15) is 6.29 Å². The van der Waals surface area contributed by atoms with Crippen LogP contribution in [0.3, 0.4) is 0 Å². The van der Waals surface area contributed by atoms with E-state index >= 15 is 0 Å². The van der Waals surface area contributed by atoms with E-state index in [4.69, 9.17) is 16.4 Å². The first-order valence-corrected chi connectivity index (χ1v) is 10.6. The molecule has 0 saturated heterocycles. The van der Waals surface area contributed by atoms with Gasteiger partial charge >= 0.3 is 5.97 Å². The lowest BCUT2D eigenvalue weighted by atomic mass is 9.92.